The minimum atomic E-state index is 0.181. The van der Waals surface area contributed by atoms with Gasteiger partial charge in [-0.2, -0.15) is 0 Å². The van der Waals surface area contributed by atoms with E-state index < -0.39 is 0 Å². The average Bonchev–Trinajstić information content (AvgIpc) is 3.24. The van der Waals surface area contributed by atoms with Gasteiger partial charge in [-0.05, 0) is 57.2 Å². The summed E-state index contributed by atoms with van der Waals surface area (Å²) in [6.45, 7) is 7.53. The van der Waals surface area contributed by atoms with Crippen LogP contribution in [0.3, 0.4) is 0 Å². The van der Waals surface area contributed by atoms with E-state index in [1.807, 2.05) is 0 Å². The first-order chi connectivity index (χ1) is 9.01. The maximum atomic E-state index is 6.10. The average molecular weight is 260 g/mol. The summed E-state index contributed by atoms with van der Waals surface area (Å²) < 4.78 is 0. The second-order valence-electron chi connectivity index (χ2n) is 6.43. The lowest BCUT2D eigenvalue weighted by atomic mass is 9.91. The summed E-state index contributed by atoms with van der Waals surface area (Å²) in [6, 6.07) is 9.20. The molecule has 0 heterocycles. The van der Waals surface area contributed by atoms with Crippen molar-refractivity contribution in [3.05, 3.63) is 35.4 Å². The zero-order valence-corrected chi connectivity index (χ0v) is 12.8. The minimum absolute atomic E-state index is 0.181. The van der Waals surface area contributed by atoms with Gasteiger partial charge in [0, 0.05) is 18.1 Å². The van der Waals surface area contributed by atoms with E-state index in [0.29, 0.717) is 12.6 Å². The first-order valence-corrected chi connectivity index (χ1v) is 7.53. The lowest BCUT2D eigenvalue weighted by Gasteiger charge is -2.41. The normalized spacial score (nSPS) is 17.8. The van der Waals surface area contributed by atoms with Crippen molar-refractivity contribution in [2.24, 2.45) is 5.73 Å². The Morgan fingerprint density at radius 2 is 1.95 bits per heavy atom. The van der Waals surface area contributed by atoms with Crippen LogP contribution >= 0.6 is 0 Å². The highest BCUT2D eigenvalue weighted by molar-refractivity contribution is 5.36. The van der Waals surface area contributed by atoms with E-state index in [1.165, 1.54) is 24.0 Å². The lowest BCUT2D eigenvalue weighted by Crippen LogP contribution is -2.45. The van der Waals surface area contributed by atoms with Crippen LogP contribution in [0.15, 0.2) is 24.3 Å². The molecule has 1 aliphatic carbocycles. The Balaban J connectivity index is 2.31. The molecule has 2 N–H and O–H groups in total. The maximum Gasteiger partial charge on any atom is 0.0475 e. The Kier molecular flexibility index (Phi) is 4.32. The number of likely N-dealkylation sites (N-methyl/N-ethyl adjacent to an activating group) is 1. The minimum Gasteiger partial charge on any atom is -0.329 e. The molecule has 0 bridgehead atoms. The van der Waals surface area contributed by atoms with Crippen LogP contribution in [0.4, 0.5) is 0 Å². The quantitative estimate of drug-likeness (QED) is 0.845. The second-order valence-corrected chi connectivity index (χ2v) is 6.43. The molecule has 106 valence electrons. The highest BCUT2D eigenvalue weighted by Crippen LogP contribution is 2.44. The third-order valence-electron chi connectivity index (χ3n) is 4.88. The standard InChI is InChI=1S/C17H28N2/c1-5-17(2,3)19(4)16(12-18)15-9-7-6-8-14(15)13-10-11-13/h6-9,13,16H,5,10-12,18H2,1-4H3. The van der Waals surface area contributed by atoms with Crippen molar-refractivity contribution in [1.82, 2.24) is 4.90 Å². The van der Waals surface area contributed by atoms with Crippen LogP contribution in [0, 0.1) is 0 Å². The van der Waals surface area contributed by atoms with Gasteiger partial charge < -0.3 is 5.73 Å². The molecule has 0 spiro atoms. The highest BCUT2D eigenvalue weighted by Gasteiger charge is 2.32. The third-order valence-corrected chi connectivity index (χ3v) is 4.88. The Bertz CT molecular complexity index is 421. The molecule has 2 rings (SSSR count). The molecule has 2 nitrogen and oxygen atoms in total. The maximum absolute atomic E-state index is 6.10. The number of hydrogen-bond acceptors (Lipinski definition) is 2. The summed E-state index contributed by atoms with van der Waals surface area (Å²) in [4.78, 5) is 2.45. The van der Waals surface area contributed by atoms with E-state index >= 15 is 0 Å². The Labute approximate surface area is 118 Å². The van der Waals surface area contributed by atoms with Crippen LogP contribution in [0.5, 0.6) is 0 Å². The zero-order chi connectivity index (χ0) is 14.0. The van der Waals surface area contributed by atoms with Gasteiger partial charge in [-0.1, -0.05) is 31.2 Å². The summed E-state index contributed by atoms with van der Waals surface area (Å²) >= 11 is 0. The summed E-state index contributed by atoms with van der Waals surface area (Å²) in [6.07, 6.45) is 3.82. The molecule has 19 heavy (non-hydrogen) atoms. The van der Waals surface area contributed by atoms with Crippen molar-refractivity contribution in [3.63, 3.8) is 0 Å². The van der Waals surface area contributed by atoms with Crippen molar-refractivity contribution in [2.75, 3.05) is 13.6 Å². The van der Waals surface area contributed by atoms with Gasteiger partial charge in [0.15, 0.2) is 0 Å². The highest BCUT2D eigenvalue weighted by atomic mass is 15.2. The Morgan fingerprint density at radius 1 is 1.32 bits per heavy atom. The summed E-state index contributed by atoms with van der Waals surface area (Å²) in [5.74, 6) is 0.781. The number of hydrogen-bond donors (Lipinski definition) is 1. The molecule has 1 fully saturated rings. The van der Waals surface area contributed by atoms with E-state index in [4.69, 9.17) is 5.73 Å². The molecule has 0 saturated heterocycles. The van der Waals surface area contributed by atoms with Crippen LogP contribution in [0.1, 0.15) is 63.1 Å². The van der Waals surface area contributed by atoms with Gasteiger partial charge in [0.05, 0.1) is 0 Å². The van der Waals surface area contributed by atoms with E-state index in [-0.39, 0.29) is 5.54 Å². The van der Waals surface area contributed by atoms with Gasteiger partial charge in [-0.25, -0.2) is 0 Å². The molecule has 1 aromatic rings. The molecule has 0 aromatic heterocycles. The Hall–Kier alpha value is -0.860. The number of benzene rings is 1. The number of nitrogens with zero attached hydrogens (tertiary/aromatic N) is 1. The van der Waals surface area contributed by atoms with Gasteiger partial charge in [0.2, 0.25) is 0 Å². The van der Waals surface area contributed by atoms with Gasteiger partial charge in [0.1, 0.15) is 0 Å². The van der Waals surface area contributed by atoms with Crippen molar-refractivity contribution >= 4 is 0 Å². The van der Waals surface area contributed by atoms with E-state index in [9.17, 15) is 0 Å². The van der Waals surface area contributed by atoms with E-state index in [2.05, 4.69) is 57.0 Å². The Morgan fingerprint density at radius 3 is 2.47 bits per heavy atom. The first-order valence-electron chi connectivity index (χ1n) is 7.53. The van der Waals surface area contributed by atoms with Gasteiger partial charge in [-0.15, -0.1) is 0 Å². The topological polar surface area (TPSA) is 29.3 Å². The molecular formula is C17H28N2. The van der Waals surface area contributed by atoms with E-state index in [1.54, 1.807) is 0 Å². The molecule has 1 saturated carbocycles. The number of rotatable bonds is 6. The fourth-order valence-electron chi connectivity index (χ4n) is 2.75. The van der Waals surface area contributed by atoms with E-state index in [0.717, 1.165) is 12.3 Å². The van der Waals surface area contributed by atoms with Crippen LogP contribution in [0.2, 0.25) is 0 Å². The molecule has 2 heteroatoms. The van der Waals surface area contributed by atoms with Gasteiger partial charge in [0.25, 0.3) is 0 Å². The largest absolute Gasteiger partial charge is 0.329 e. The molecular weight excluding hydrogens is 232 g/mol. The van der Waals surface area contributed by atoms with Crippen molar-refractivity contribution in [2.45, 2.75) is 57.5 Å². The molecule has 0 radical (unpaired) electrons. The second kappa shape index (κ2) is 5.64. The van der Waals surface area contributed by atoms with Crippen molar-refractivity contribution in [1.29, 1.82) is 0 Å². The number of nitrogens with two attached hydrogens (primary N) is 1. The summed E-state index contributed by atoms with van der Waals surface area (Å²) in [5, 5.41) is 0. The predicted molar refractivity (Wildman–Crippen MR) is 82.3 cm³/mol. The first kappa shape index (κ1) is 14.5. The van der Waals surface area contributed by atoms with Gasteiger partial charge >= 0.3 is 0 Å². The molecule has 1 aliphatic rings. The van der Waals surface area contributed by atoms with Gasteiger partial charge in [-0.3, -0.25) is 4.90 Å². The zero-order valence-electron chi connectivity index (χ0n) is 12.8. The lowest BCUT2D eigenvalue weighted by molar-refractivity contribution is 0.100. The predicted octanol–water partition coefficient (Wildman–Crippen LogP) is 3.68. The SMILES string of the molecule is CCC(C)(C)N(C)C(CN)c1ccccc1C1CC1. The third kappa shape index (κ3) is 3.01. The summed E-state index contributed by atoms with van der Waals surface area (Å²) in [7, 11) is 2.21. The van der Waals surface area contributed by atoms with Crippen LogP contribution in [-0.2, 0) is 0 Å². The fraction of sp³-hybridized carbons (Fsp3) is 0.647. The monoisotopic (exact) mass is 260 g/mol. The molecule has 1 unspecified atom stereocenters. The molecule has 0 amide bonds. The van der Waals surface area contributed by atoms with Crippen LogP contribution in [0.25, 0.3) is 0 Å². The van der Waals surface area contributed by atoms with Crippen LogP contribution < -0.4 is 5.73 Å². The van der Waals surface area contributed by atoms with Crippen molar-refractivity contribution in [3.8, 4) is 0 Å². The molecule has 1 aromatic carbocycles. The smallest absolute Gasteiger partial charge is 0.0475 e. The fourth-order valence-corrected chi connectivity index (χ4v) is 2.75. The summed E-state index contributed by atoms with van der Waals surface area (Å²) in [5.41, 5.74) is 9.25. The van der Waals surface area contributed by atoms with Crippen LogP contribution in [-0.4, -0.2) is 24.0 Å². The van der Waals surface area contributed by atoms with Crippen molar-refractivity contribution < 1.29 is 0 Å². The molecule has 1 atom stereocenters. The molecule has 0 aliphatic heterocycles.